The zero-order valence-electron chi connectivity index (χ0n) is 8.31. The van der Waals surface area contributed by atoms with Crippen LogP contribution in [0.15, 0.2) is 18.3 Å². The fourth-order valence-electron chi connectivity index (χ4n) is 1.66. The van der Waals surface area contributed by atoms with Crippen molar-refractivity contribution in [3.63, 3.8) is 0 Å². The fourth-order valence-corrected chi connectivity index (χ4v) is 1.66. The molecule has 0 aliphatic carbocycles. The van der Waals surface area contributed by atoms with Gasteiger partial charge >= 0.3 is 0 Å². The monoisotopic (exact) mass is 201 g/mol. The first-order valence-electron chi connectivity index (χ1n) is 4.98. The molecule has 76 valence electrons. The van der Waals surface area contributed by atoms with E-state index in [0.717, 1.165) is 19.4 Å². The molecule has 0 spiro atoms. The first kappa shape index (κ1) is 9.66. The van der Waals surface area contributed by atoms with Gasteiger partial charge in [-0.2, -0.15) is 5.26 Å². The average molecular weight is 201 g/mol. The van der Waals surface area contributed by atoms with E-state index in [1.54, 1.807) is 17.0 Å². The van der Waals surface area contributed by atoms with Gasteiger partial charge in [0, 0.05) is 19.2 Å². The third-order valence-electron chi connectivity index (χ3n) is 2.48. The summed E-state index contributed by atoms with van der Waals surface area (Å²) in [5.74, 6) is 0.775. The van der Waals surface area contributed by atoms with Gasteiger partial charge in [-0.1, -0.05) is 0 Å². The number of carbonyl (C=O) groups is 1. The minimum Gasteiger partial charge on any atom is -0.297 e. The van der Waals surface area contributed by atoms with Crippen molar-refractivity contribution < 1.29 is 4.79 Å². The van der Waals surface area contributed by atoms with Crippen LogP contribution in [0.5, 0.6) is 0 Å². The van der Waals surface area contributed by atoms with Crippen molar-refractivity contribution >= 4 is 11.7 Å². The molecule has 4 heteroatoms. The van der Waals surface area contributed by atoms with E-state index in [0.29, 0.717) is 17.8 Å². The smallest absolute Gasteiger partial charge is 0.228 e. The highest BCUT2D eigenvalue weighted by molar-refractivity contribution is 5.92. The Morgan fingerprint density at radius 2 is 2.27 bits per heavy atom. The summed E-state index contributed by atoms with van der Waals surface area (Å²) in [5.41, 5.74) is 0.517. The Balaban J connectivity index is 2.21. The topological polar surface area (TPSA) is 57.0 Å². The third kappa shape index (κ3) is 1.96. The third-order valence-corrected chi connectivity index (χ3v) is 2.48. The van der Waals surface area contributed by atoms with Crippen LogP contribution in [0.25, 0.3) is 0 Å². The standard InChI is InChI=1S/C11H11N3O/c12-7-9-4-5-10(13-8-9)14-6-2-1-3-11(14)15/h4-5,8H,1-3,6H2. The lowest BCUT2D eigenvalue weighted by Crippen LogP contribution is -2.35. The maximum atomic E-state index is 11.6. The molecule has 0 atom stereocenters. The zero-order valence-corrected chi connectivity index (χ0v) is 8.31. The Labute approximate surface area is 88.1 Å². The van der Waals surface area contributed by atoms with Crippen LogP contribution in [0.2, 0.25) is 0 Å². The molecule has 1 amide bonds. The number of anilines is 1. The van der Waals surface area contributed by atoms with Crippen molar-refractivity contribution in [2.24, 2.45) is 0 Å². The quantitative estimate of drug-likeness (QED) is 0.691. The summed E-state index contributed by atoms with van der Waals surface area (Å²) < 4.78 is 0. The Morgan fingerprint density at radius 3 is 2.87 bits per heavy atom. The second-order valence-electron chi connectivity index (χ2n) is 3.52. The van der Waals surface area contributed by atoms with Crippen LogP contribution in [0.3, 0.4) is 0 Å². The number of piperidine rings is 1. The van der Waals surface area contributed by atoms with E-state index in [-0.39, 0.29) is 5.91 Å². The number of nitrogens with zero attached hydrogens (tertiary/aromatic N) is 3. The maximum absolute atomic E-state index is 11.6. The first-order chi connectivity index (χ1) is 7.31. The van der Waals surface area contributed by atoms with Crippen molar-refractivity contribution in [1.82, 2.24) is 4.98 Å². The van der Waals surface area contributed by atoms with Crippen LogP contribution >= 0.6 is 0 Å². The highest BCUT2D eigenvalue weighted by Crippen LogP contribution is 2.18. The minimum absolute atomic E-state index is 0.124. The lowest BCUT2D eigenvalue weighted by atomic mass is 10.1. The molecule has 1 saturated heterocycles. The van der Waals surface area contributed by atoms with E-state index in [4.69, 9.17) is 5.26 Å². The number of hydrogen-bond donors (Lipinski definition) is 0. The van der Waals surface area contributed by atoms with Crippen molar-refractivity contribution in [3.05, 3.63) is 23.9 Å². The van der Waals surface area contributed by atoms with Gasteiger partial charge in [0.2, 0.25) is 5.91 Å². The van der Waals surface area contributed by atoms with E-state index >= 15 is 0 Å². The molecule has 0 aromatic carbocycles. The summed E-state index contributed by atoms with van der Waals surface area (Å²) in [5, 5.41) is 8.62. The average Bonchev–Trinajstić information content (AvgIpc) is 2.30. The second kappa shape index (κ2) is 4.09. The summed E-state index contributed by atoms with van der Waals surface area (Å²) in [6, 6.07) is 5.41. The normalized spacial score (nSPS) is 16.2. The predicted octanol–water partition coefficient (Wildman–Crippen LogP) is 1.47. The number of carbonyl (C=O) groups excluding carboxylic acids is 1. The molecule has 2 heterocycles. The molecule has 1 aliphatic rings. The number of aromatic nitrogens is 1. The Kier molecular flexibility index (Phi) is 2.64. The molecule has 1 fully saturated rings. The van der Waals surface area contributed by atoms with Gasteiger partial charge in [0.25, 0.3) is 0 Å². The van der Waals surface area contributed by atoms with E-state index in [2.05, 4.69) is 4.98 Å². The summed E-state index contributed by atoms with van der Waals surface area (Å²) in [7, 11) is 0. The largest absolute Gasteiger partial charge is 0.297 e. The van der Waals surface area contributed by atoms with Gasteiger partial charge in [0.05, 0.1) is 5.56 Å². The molecule has 0 saturated carbocycles. The zero-order chi connectivity index (χ0) is 10.7. The number of amides is 1. The van der Waals surface area contributed by atoms with Crippen LogP contribution in [0, 0.1) is 11.3 Å². The molecule has 1 aromatic rings. The van der Waals surface area contributed by atoms with E-state index in [9.17, 15) is 4.79 Å². The fraction of sp³-hybridized carbons (Fsp3) is 0.364. The van der Waals surface area contributed by atoms with Gasteiger partial charge < -0.3 is 0 Å². The van der Waals surface area contributed by atoms with E-state index in [1.165, 1.54) is 6.20 Å². The van der Waals surface area contributed by atoms with Crippen LogP contribution in [0.1, 0.15) is 24.8 Å². The van der Waals surface area contributed by atoms with Crippen LogP contribution in [-0.2, 0) is 4.79 Å². The van der Waals surface area contributed by atoms with Crippen LogP contribution in [-0.4, -0.2) is 17.4 Å². The molecule has 0 unspecified atom stereocenters. The Hall–Kier alpha value is -1.89. The van der Waals surface area contributed by atoms with Gasteiger partial charge in [-0.15, -0.1) is 0 Å². The van der Waals surface area contributed by atoms with Crippen LogP contribution < -0.4 is 4.90 Å². The molecular weight excluding hydrogens is 190 g/mol. The number of pyridine rings is 1. The molecular formula is C11H11N3O. The summed E-state index contributed by atoms with van der Waals surface area (Å²) in [6.45, 7) is 0.734. The van der Waals surface area contributed by atoms with Gasteiger partial charge in [-0.3, -0.25) is 9.69 Å². The van der Waals surface area contributed by atoms with Crippen LogP contribution in [0.4, 0.5) is 5.82 Å². The van der Waals surface area contributed by atoms with Crippen molar-refractivity contribution in [2.45, 2.75) is 19.3 Å². The molecule has 1 aliphatic heterocycles. The molecule has 4 nitrogen and oxygen atoms in total. The van der Waals surface area contributed by atoms with Crippen molar-refractivity contribution in [3.8, 4) is 6.07 Å². The van der Waals surface area contributed by atoms with Crippen molar-refractivity contribution in [2.75, 3.05) is 11.4 Å². The van der Waals surface area contributed by atoms with E-state index < -0.39 is 0 Å². The van der Waals surface area contributed by atoms with Crippen molar-refractivity contribution in [1.29, 1.82) is 5.26 Å². The summed E-state index contributed by atoms with van der Waals surface area (Å²) in [6.07, 6.45) is 4.08. The highest BCUT2D eigenvalue weighted by atomic mass is 16.2. The van der Waals surface area contributed by atoms with Gasteiger partial charge in [0.1, 0.15) is 11.9 Å². The molecule has 2 rings (SSSR count). The van der Waals surface area contributed by atoms with Gasteiger partial charge in [-0.05, 0) is 25.0 Å². The van der Waals surface area contributed by atoms with Gasteiger partial charge in [0.15, 0.2) is 0 Å². The molecule has 0 bridgehead atoms. The molecule has 0 radical (unpaired) electrons. The molecule has 0 N–H and O–H groups in total. The molecule has 1 aromatic heterocycles. The van der Waals surface area contributed by atoms with E-state index in [1.807, 2.05) is 6.07 Å². The minimum atomic E-state index is 0.124. The lowest BCUT2D eigenvalue weighted by molar-refractivity contribution is -0.119. The second-order valence-corrected chi connectivity index (χ2v) is 3.52. The predicted molar refractivity (Wildman–Crippen MR) is 55.2 cm³/mol. The highest BCUT2D eigenvalue weighted by Gasteiger charge is 2.20. The maximum Gasteiger partial charge on any atom is 0.228 e. The SMILES string of the molecule is N#Cc1ccc(N2CCCCC2=O)nc1. The van der Waals surface area contributed by atoms with Gasteiger partial charge in [-0.25, -0.2) is 4.98 Å². The number of nitriles is 1. The first-order valence-corrected chi connectivity index (χ1v) is 4.98. The summed E-state index contributed by atoms with van der Waals surface area (Å²) >= 11 is 0. The Morgan fingerprint density at radius 1 is 1.40 bits per heavy atom. The number of hydrogen-bond acceptors (Lipinski definition) is 3. The lowest BCUT2D eigenvalue weighted by Gasteiger charge is -2.25. The Bertz CT molecular complexity index is 405. The molecule has 15 heavy (non-hydrogen) atoms. The summed E-state index contributed by atoms with van der Waals surface area (Å²) in [4.78, 5) is 17.4. The number of rotatable bonds is 1.